The molecule has 0 aliphatic rings. The summed E-state index contributed by atoms with van der Waals surface area (Å²) in [7, 11) is 0. The third kappa shape index (κ3) is 6.91. The maximum Gasteiger partial charge on any atom is 0.257 e. The summed E-state index contributed by atoms with van der Waals surface area (Å²) in [5, 5.41) is 9.12. The second-order valence-corrected chi connectivity index (χ2v) is 8.75. The molecule has 170 valence electrons. The molecule has 0 atom stereocenters. The fourth-order valence-electron chi connectivity index (χ4n) is 2.80. The van der Waals surface area contributed by atoms with Crippen molar-refractivity contribution in [2.75, 3.05) is 17.2 Å². The molecule has 0 spiro atoms. The zero-order valence-corrected chi connectivity index (χ0v) is 21.2. The molecule has 3 rings (SSSR count). The second-order valence-electron chi connectivity index (χ2n) is 6.65. The molecule has 0 bridgehead atoms. The number of nitrogens with one attached hydrogen (secondary N) is 3. The van der Waals surface area contributed by atoms with E-state index in [1.165, 1.54) is 6.07 Å². The first kappa shape index (κ1) is 25.0. The van der Waals surface area contributed by atoms with E-state index in [2.05, 4.69) is 31.9 Å². The van der Waals surface area contributed by atoms with Crippen LogP contribution in [0.1, 0.15) is 27.6 Å². The molecule has 2 amide bonds. The van der Waals surface area contributed by atoms with Gasteiger partial charge in [-0.2, -0.15) is 0 Å². The fraction of sp³-hybridized carbons (Fsp3) is 0.0870. The Bertz CT molecular complexity index is 1220. The Morgan fingerprint density at radius 1 is 0.970 bits per heavy atom. The van der Waals surface area contributed by atoms with Gasteiger partial charge >= 0.3 is 0 Å². The minimum atomic E-state index is -0.384. The fourth-order valence-corrected chi connectivity index (χ4v) is 4.00. The molecule has 0 heterocycles. The van der Waals surface area contributed by atoms with Crippen LogP contribution < -0.4 is 20.7 Å². The third-order valence-corrected chi connectivity index (χ3v) is 5.65. The van der Waals surface area contributed by atoms with Crippen molar-refractivity contribution in [3.8, 4) is 5.75 Å². The van der Waals surface area contributed by atoms with Crippen molar-refractivity contribution >= 4 is 79.7 Å². The first-order valence-corrected chi connectivity index (χ1v) is 11.6. The lowest BCUT2D eigenvalue weighted by molar-refractivity contribution is 0.0976. The zero-order valence-electron chi connectivity index (χ0n) is 17.2. The Morgan fingerprint density at radius 3 is 2.36 bits per heavy atom. The smallest absolute Gasteiger partial charge is 0.257 e. The van der Waals surface area contributed by atoms with Crippen LogP contribution in [0.3, 0.4) is 0 Å². The lowest BCUT2D eigenvalue weighted by atomic mass is 10.2. The average molecular weight is 567 g/mol. The van der Waals surface area contributed by atoms with Crippen LogP contribution in [-0.2, 0) is 0 Å². The van der Waals surface area contributed by atoms with Crippen molar-refractivity contribution in [1.29, 1.82) is 0 Å². The van der Waals surface area contributed by atoms with Crippen LogP contribution in [0.25, 0.3) is 0 Å². The standard InChI is InChI=1S/C23H18BrCl2N3O3S/c1-2-32-20-9-6-13(10-18(20)24)21(30)29-23(33)28-16-5-3-4-15(12-16)27-22(31)17-8-7-14(25)11-19(17)26/h3-12H,2H2,1H3,(H,27,31)(H2,28,29,30,33). The molecule has 0 aliphatic heterocycles. The molecule has 10 heteroatoms. The third-order valence-electron chi connectivity index (χ3n) is 4.28. The van der Waals surface area contributed by atoms with Crippen LogP contribution in [-0.4, -0.2) is 23.5 Å². The number of amides is 2. The summed E-state index contributed by atoms with van der Waals surface area (Å²) in [5.41, 5.74) is 1.80. The molecule has 3 aromatic carbocycles. The van der Waals surface area contributed by atoms with Gasteiger partial charge in [-0.25, -0.2) is 0 Å². The van der Waals surface area contributed by atoms with Crippen LogP contribution in [0.2, 0.25) is 10.0 Å². The summed E-state index contributed by atoms with van der Waals surface area (Å²) in [5.74, 6) is -0.114. The maximum absolute atomic E-state index is 12.5. The first-order valence-electron chi connectivity index (χ1n) is 9.68. The zero-order chi connectivity index (χ0) is 24.0. The molecule has 0 fully saturated rings. The second kappa shape index (κ2) is 11.5. The summed E-state index contributed by atoms with van der Waals surface area (Å²) in [6.07, 6.45) is 0. The number of anilines is 2. The van der Waals surface area contributed by atoms with E-state index in [0.717, 1.165) is 0 Å². The molecule has 33 heavy (non-hydrogen) atoms. The van der Waals surface area contributed by atoms with E-state index >= 15 is 0 Å². The van der Waals surface area contributed by atoms with Crippen LogP contribution in [0, 0.1) is 0 Å². The molecule has 0 aromatic heterocycles. The van der Waals surface area contributed by atoms with Crippen molar-refractivity contribution in [2.45, 2.75) is 6.92 Å². The van der Waals surface area contributed by atoms with Gasteiger partial charge in [0, 0.05) is 22.0 Å². The topological polar surface area (TPSA) is 79.5 Å². The van der Waals surface area contributed by atoms with Crippen molar-refractivity contribution in [2.24, 2.45) is 0 Å². The number of benzene rings is 3. The van der Waals surface area contributed by atoms with Gasteiger partial charge in [0.25, 0.3) is 11.8 Å². The monoisotopic (exact) mass is 565 g/mol. The molecular weight excluding hydrogens is 549 g/mol. The van der Waals surface area contributed by atoms with Crippen molar-refractivity contribution < 1.29 is 14.3 Å². The summed E-state index contributed by atoms with van der Waals surface area (Å²) < 4.78 is 6.12. The SMILES string of the molecule is CCOc1ccc(C(=O)NC(=S)Nc2cccc(NC(=O)c3ccc(Cl)cc3Cl)c2)cc1Br. The maximum atomic E-state index is 12.5. The van der Waals surface area contributed by atoms with E-state index in [0.29, 0.717) is 44.4 Å². The van der Waals surface area contributed by atoms with Crippen LogP contribution in [0.4, 0.5) is 11.4 Å². The van der Waals surface area contributed by atoms with E-state index in [4.69, 9.17) is 40.2 Å². The summed E-state index contributed by atoms with van der Waals surface area (Å²) in [6, 6.07) is 16.5. The van der Waals surface area contributed by atoms with Crippen LogP contribution in [0.15, 0.2) is 65.1 Å². The van der Waals surface area contributed by atoms with Gasteiger partial charge in [0.1, 0.15) is 5.75 Å². The number of hydrogen-bond acceptors (Lipinski definition) is 4. The van der Waals surface area contributed by atoms with E-state index in [1.807, 2.05) is 6.92 Å². The number of thiocarbonyl (C=S) groups is 1. The number of carbonyl (C=O) groups is 2. The first-order chi connectivity index (χ1) is 15.8. The van der Waals surface area contributed by atoms with E-state index in [9.17, 15) is 9.59 Å². The summed E-state index contributed by atoms with van der Waals surface area (Å²) in [6.45, 7) is 2.40. The predicted molar refractivity (Wildman–Crippen MR) is 140 cm³/mol. The molecular formula is C23H18BrCl2N3O3S. The normalized spacial score (nSPS) is 10.3. The Kier molecular flexibility index (Phi) is 8.68. The molecule has 3 N–H and O–H groups in total. The van der Waals surface area contributed by atoms with E-state index < -0.39 is 0 Å². The number of ether oxygens (including phenoxy) is 1. The Labute approximate surface area is 214 Å². The van der Waals surface area contributed by atoms with Gasteiger partial charge in [0.2, 0.25) is 0 Å². The van der Waals surface area contributed by atoms with Gasteiger partial charge in [-0.15, -0.1) is 0 Å². The number of carbonyl (C=O) groups excluding carboxylic acids is 2. The van der Waals surface area contributed by atoms with Gasteiger partial charge in [0.15, 0.2) is 5.11 Å². The summed E-state index contributed by atoms with van der Waals surface area (Å²) in [4.78, 5) is 25.0. The highest BCUT2D eigenvalue weighted by atomic mass is 79.9. The van der Waals surface area contributed by atoms with Gasteiger partial charge in [0.05, 0.1) is 21.7 Å². The van der Waals surface area contributed by atoms with Crippen molar-refractivity contribution in [3.05, 3.63) is 86.3 Å². The highest BCUT2D eigenvalue weighted by Gasteiger charge is 2.13. The Hall–Kier alpha value is -2.65. The largest absolute Gasteiger partial charge is 0.493 e. The van der Waals surface area contributed by atoms with Crippen LogP contribution in [0.5, 0.6) is 5.75 Å². The quantitative estimate of drug-likeness (QED) is 0.295. The Morgan fingerprint density at radius 2 is 1.70 bits per heavy atom. The van der Waals surface area contributed by atoms with Gasteiger partial charge in [-0.05, 0) is 89.7 Å². The highest BCUT2D eigenvalue weighted by molar-refractivity contribution is 9.10. The minimum Gasteiger partial charge on any atom is -0.493 e. The molecule has 0 saturated heterocycles. The van der Waals surface area contributed by atoms with Gasteiger partial charge < -0.3 is 15.4 Å². The molecule has 6 nitrogen and oxygen atoms in total. The van der Waals surface area contributed by atoms with E-state index in [-0.39, 0.29) is 21.9 Å². The summed E-state index contributed by atoms with van der Waals surface area (Å²) >= 11 is 20.6. The highest BCUT2D eigenvalue weighted by Crippen LogP contribution is 2.26. The average Bonchev–Trinajstić information content (AvgIpc) is 2.75. The van der Waals surface area contributed by atoms with E-state index in [1.54, 1.807) is 54.6 Å². The number of halogens is 3. The molecule has 0 unspecified atom stereocenters. The molecule has 0 radical (unpaired) electrons. The lowest BCUT2D eigenvalue weighted by Gasteiger charge is -2.12. The minimum absolute atomic E-state index is 0.106. The van der Waals surface area contributed by atoms with Crippen LogP contribution >= 0.6 is 51.3 Å². The molecule has 0 aliphatic carbocycles. The van der Waals surface area contributed by atoms with Crippen molar-refractivity contribution in [1.82, 2.24) is 5.32 Å². The lowest BCUT2D eigenvalue weighted by Crippen LogP contribution is -2.34. The van der Waals surface area contributed by atoms with Crippen molar-refractivity contribution in [3.63, 3.8) is 0 Å². The predicted octanol–water partition coefficient (Wildman–Crippen LogP) is 6.53. The number of rotatable bonds is 6. The van der Waals surface area contributed by atoms with Gasteiger partial charge in [-0.3, -0.25) is 14.9 Å². The molecule has 3 aromatic rings. The Balaban J connectivity index is 1.62. The number of hydrogen-bond donors (Lipinski definition) is 3. The van der Waals surface area contributed by atoms with Gasteiger partial charge in [-0.1, -0.05) is 29.3 Å². The molecule has 0 saturated carbocycles.